The van der Waals surface area contributed by atoms with E-state index in [0.717, 1.165) is 26.9 Å². The zero-order chi connectivity index (χ0) is 15.9. The van der Waals surface area contributed by atoms with Gasteiger partial charge in [-0.2, -0.15) is 0 Å². The fourth-order valence-corrected chi connectivity index (χ4v) is 3.06. The van der Waals surface area contributed by atoms with Crippen molar-refractivity contribution >= 4 is 40.4 Å². The third kappa shape index (κ3) is 5.50. The van der Waals surface area contributed by atoms with Gasteiger partial charge in [-0.25, -0.2) is 0 Å². The molecule has 0 aliphatic rings. The Kier molecular flexibility index (Phi) is 5.98. The lowest BCUT2D eigenvalue weighted by molar-refractivity contribution is -0.120. The van der Waals surface area contributed by atoms with Crippen molar-refractivity contribution in [2.45, 2.75) is 19.8 Å². The van der Waals surface area contributed by atoms with Crippen molar-refractivity contribution in [3.05, 3.63) is 51.2 Å². The number of nitrogens with one attached hydrogen (secondary N) is 2. The number of carbonyl (C=O) groups is 2. The minimum atomic E-state index is -0.112. The van der Waals surface area contributed by atoms with Crippen molar-refractivity contribution in [3.8, 4) is 0 Å². The Balaban J connectivity index is 1.75. The topological polar surface area (TPSA) is 58.2 Å². The van der Waals surface area contributed by atoms with Gasteiger partial charge in [-0.3, -0.25) is 9.59 Å². The van der Waals surface area contributed by atoms with E-state index in [4.69, 9.17) is 11.6 Å². The Morgan fingerprint density at radius 1 is 1.14 bits per heavy atom. The molecule has 6 heteroatoms. The number of benzene rings is 1. The summed E-state index contributed by atoms with van der Waals surface area (Å²) in [5.41, 5.74) is 1.64. The molecule has 0 radical (unpaired) electrons. The smallest absolute Gasteiger partial charge is 0.224 e. The van der Waals surface area contributed by atoms with E-state index < -0.39 is 0 Å². The molecule has 0 aliphatic heterocycles. The number of anilines is 1. The van der Waals surface area contributed by atoms with Gasteiger partial charge in [0.15, 0.2) is 0 Å². The second-order valence-electron chi connectivity index (χ2n) is 4.86. The highest BCUT2D eigenvalue weighted by atomic mass is 35.5. The first-order chi connectivity index (χ1) is 10.5. The summed E-state index contributed by atoms with van der Waals surface area (Å²) in [6, 6.07) is 11.1. The van der Waals surface area contributed by atoms with Crippen molar-refractivity contribution in [2.75, 3.05) is 11.9 Å². The van der Waals surface area contributed by atoms with Crippen LogP contribution in [-0.4, -0.2) is 18.4 Å². The number of rotatable bonds is 6. The minimum absolute atomic E-state index is 0.0186. The fraction of sp³-hybridized carbons (Fsp3) is 0.250. The number of hydrogen-bond donors (Lipinski definition) is 2. The fourth-order valence-electron chi connectivity index (χ4n) is 1.97. The maximum atomic E-state index is 11.9. The average molecular weight is 337 g/mol. The van der Waals surface area contributed by atoms with Gasteiger partial charge in [0.1, 0.15) is 0 Å². The summed E-state index contributed by atoms with van der Waals surface area (Å²) in [6.07, 6.45) is 1.11. The summed E-state index contributed by atoms with van der Waals surface area (Å²) in [6.45, 7) is 2.06. The first-order valence-electron chi connectivity index (χ1n) is 6.90. The maximum absolute atomic E-state index is 11.9. The Labute approximate surface area is 138 Å². The molecule has 0 spiro atoms. The normalized spacial score (nSPS) is 10.3. The number of amides is 2. The van der Waals surface area contributed by atoms with Gasteiger partial charge in [-0.05, 0) is 36.2 Å². The molecule has 0 unspecified atom stereocenters. The van der Waals surface area contributed by atoms with Crippen molar-refractivity contribution < 1.29 is 9.59 Å². The zero-order valence-corrected chi connectivity index (χ0v) is 13.8. The van der Waals surface area contributed by atoms with Crippen LogP contribution in [0.15, 0.2) is 36.4 Å². The molecule has 0 fully saturated rings. The summed E-state index contributed by atoms with van der Waals surface area (Å²) >= 11 is 7.39. The predicted molar refractivity (Wildman–Crippen MR) is 90.5 cm³/mol. The molecule has 2 N–H and O–H groups in total. The molecule has 22 heavy (non-hydrogen) atoms. The molecule has 4 nitrogen and oxygen atoms in total. The molecule has 2 rings (SSSR count). The van der Waals surface area contributed by atoms with Gasteiger partial charge < -0.3 is 10.6 Å². The van der Waals surface area contributed by atoms with Gasteiger partial charge in [0.05, 0.1) is 10.8 Å². The van der Waals surface area contributed by atoms with Gasteiger partial charge in [-0.15, -0.1) is 11.3 Å². The first-order valence-corrected chi connectivity index (χ1v) is 8.10. The molecule has 116 valence electrons. The van der Waals surface area contributed by atoms with Crippen LogP contribution in [0.25, 0.3) is 0 Å². The van der Waals surface area contributed by atoms with Crippen LogP contribution in [0.5, 0.6) is 0 Å². The Hall–Kier alpha value is -1.85. The lowest BCUT2D eigenvalue weighted by Crippen LogP contribution is -2.27. The molecule has 1 heterocycles. The largest absolute Gasteiger partial charge is 0.355 e. The highest BCUT2D eigenvalue weighted by Gasteiger charge is 2.04. The van der Waals surface area contributed by atoms with Crippen LogP contribution in [0.3, 0.4) is 0 Å². The number of carbonyl (C=O) groups excluding carboxylic acids is 2. The van der Waals surface area contributed by atoms with E-state index in [2.05, 4.69) is 10.6 Å². The van der Waals surface area contributed by atoms with Gasteiger partial charge >= 0.3 is 0 Å². The quantitative estimate of drug-likeness (QED) is 0.850. The predicted octanol–water partition coefficient (Wildman–Crippen LogP) is 3.26. The van der Waals surface area contributed by atoms with Crippen molar-refractivity contribution in [3.63, 3.8) is 0 Å². The minimum Gasteiger partial charge on any atom is -0.355 e. The van der Waals surface area contributed by atoms with E-state index in [0.29, 0.717) is 13.0 Å². The van der Waals surface area contributed by atoms with Crippen LogP contribution >= 0.6 is 22.9 Å². The number of halogens is 1. The van der Waals surface area contributed by atoms with Crippen LogP contribution in [-0.2, 0) is 22.4 Å². The maximum Gasteiger partial charge on any atom is 0.224 e. The Morgan fingerprint density at radius 2 is 1.86 bits per heavy atom. The third-order valence-corrected chi connectivity index (χ3v) is 4.25. The summed E-state index contributed by atoms with van der Waals surface area (Å²) in [7, 11) is 0. The monoisotopic (exact) mass is 336 g/mol. The first kappa shape index (κ1) is 16.5. The molecule has 0 bridgehead atoms. The molecule has 0 atom stereocenters. The lowest BCUT2D eigenvalue weighted by atomic mass is 10.1. The summed E-state index contributed by atoms with van der Waals surface area (Å²) in [4.78, 5) is 24.0. The molecule has 1 aromatic heterocycles. The van der Waals surface area contributed by atoms with Crippen LogP contribution in [0.2, 0.25) is 4.34 Å². The summed E-state index contributed by atoms with van der Waals surface area (Å²) in [5.74, 6) is -0.130. The molecular formula is C16H17ClN2O2S. The van der Waals surface area contributed by atoms with Crippen molar-refractivity contribution in [2.24, 2.45) is 0 Å². The van der Waals surface area contributed by atoms with E-state index in [9.17, 15) is 9.59 Å². The number of thiophene rings is 1. The van der Waals surface area contributed by atoms with E-state index in [1.165, 1.54) is 18.3 Å². The highest BCUT2D eigenvalue weighted by molar-refractivity contribution is 7.16. The van der Waals surface area contributed by atoms with E-state index in [1.54, 1.807) is 12.1 Å². The zero-order valence-electron chi connectivity index (χ0n) is 12.2. The van der Waals surface area contributed by atoms with Gasteiger partial charge in [0.25, 0.3) is 0 Å². The second kappa shape index (κ2) is 7.96. The van der Waals surface area contributed by atoms with Gasteiger partial charge in [0.2, 0.25) is 11.8 Å². The van der Waals surface area contributed by atoms with Gasteiger partial charge in [-0.1, -0.05) is 23.7 Å². The highest BCUT2D eigenvalue weighted by Crippen LogP contribution is 2.21. The summed E-state index contributed by atoms with van der Waals surface area (Å²) < 4.78 is 0.764. The summed E-state index contributed by atoms with van der Waals surface area (Å²) in [5, 5.41) is 5.58. The van der Waals surface area contributed by atoms with Crippen LogP contribution in [0.1, 0.15) is 17.4 Å². The van der Waals surface area contributed by atoms with Crippen molar-refractivity contribution in [1.29, 1.82) is 0 Å². The molecule has 2 aromatic rings. The van der Waals surface area contributed by atoms with Crippen molar-refractivity contribution in [1.82, 2.24) is 5.32 Å². The van der Waals surface area contributed by atoms with Crippen LogP contribution in [0, 0.1) is 0 Å². The van der Waals surface area contributed by atoms with Gasteiger partial charge in [0, 0.05) is 24.0 Å². The molecular weight excluding hydrogens is 320 g/mol. The Bertz CT molecular complexity index is 652. The van der Waals surface area contributed by atoms with E-state index in [-0.39, 0.29) is 11.8 Å². The molecule has 2 amide bonds. The molecule has 0 aliphatic carbocycles. The van der Waals surface area contributed by atoms with Crippen LogP contribution < -0.4 is 10.6 Å². The second-order valence-corrected chi connectivity index (χ2v) is 6.66. The SMILES string of the molecule is CC(=O)Nc1ccc(CC(=O)NCCc2ccc(Cl)s2)cc1. The lowest BCUT2D eigenvalue weighted by Gasteiger charge is -2.06. The molecule has 1 aromatic carbocycles. The van der Waals surface area contributed by atoms with E-state index in [1.807, 2.05) is 24.3 Å². The molecule has 0 saturated carbocycles. The van der Waals surface area contributed by atoms with E-state index >= 15 is 0 Å². The third-order valence-electron chi connectivity index (χ3n) is 2.96. The standard InChI is InChI=1S/C16H17ClN2O2S/c1-11(20)19-13-4-2-12(3-5-13)10-16(21)18-9-8-14-6-7-15(17)22-14/h2-7H,8-10H2,1H3,(H,18,21)(H,19,20). The van der Waals surface area contributed by atoms with Crippen LogP contribution in [0.4, 0.5) is 5.69 Å². The molecule has 0 saturated heterocycles. The number of hydrogen-bond acceptors (Lipinski definition) is 3. The average Bonchev–Trinajstić information content (AvgIpc) is 2.86. The Morgan fingerprint density at radius 3 is 2.45 bits per heavy atom.